The van der Waals surface area contributed by atoms with Gasteiger partial charge in [0.05, 0.1) is 5.60 Å². The molecule has 1 aromatic rings. The van der Waals surface area contributed by atoms with Crippen molar-refractivity contribution in [3.05, 3.63) is 35.9 Å². The second-order valence-corrected chi connectivity index (χ2v) is 9.81. The third-order valence-corrected chi connectivity index (χ3v) is 7.79. The van der Waals surface area contributed by atoms with Gasteiger partial charge in [0.1, 0.15) is 0 Å². The Bertz CT molecular complexity index is 581. The highest BCUT2D eigenvalue weighted by Crippen LogP contribution is 2.42. The van der Waals surface area contributed by atoms with Gasteiger partial charge in [-0.1, -0.05) is 69.4 Å². The minimum atomic E-state index is -0.390. The van der Waals surface area contributed by atoms with Gasteiger partial charge in [-0.15, -0.1) is 0 Å². The summed E-state index contributed by atoms with van der Waals surface area (Å²) in [5.41, 5.74) is 1.37. The number of fused-ring (bicyclic) bond motifs is 1. The number of hydrogen-bond acceptors (Lipinski definition) is 2. The Hall–Kier alpha value is -0.860. The van der Waals surface area contributed by atoms with Crippen molar-refractivity contribution in [1.82, 2.24) is 4.90 Å². The van der Waals surface area contributed by atoms with Crippen LogP contribution in [0, 0.1) is 5.92 Å². The molecule has 0 spiro atoms. The summed E-state index contributed by atoms with van der Waals surface area (Å²) in [7, 11) is 0. The van der Waals surface area contributed by atoms with E-state index in [4.69, 9.17) is 0 Å². The van der Waals surface area contributed by atoms with Crippen molar-refractivity contribution < 1.29 is 5.11 Å². The summed E-state index contributed by atoms with van der Waals surface area (Å²) in [6.45, 7) is 4.66. The van der Waals surface area contributed by atoms with E-state index in [-0.39, 0.29) is 11.0 Å². The first-order valence-corrected chi connectivity index (χ1v) is 11.1. The fourth-order valence-corrected chi connectivity index (χ4v) is 5.96. The van der Waals surface area contributed by atoms with E-state index in [1.165, 1.54) is 56.9 Å². The van der Waals surface area contributed by atoms with E-state index in [0.29, 0.717) is 6.04 Å². The molecule has 1 aliphatic carbocycles. The van der Waals surface area contributed by atoms with Crippen LogP contribution in [0.25, 0.3) is 0 Å². The van der Waals surface area contributed by atoms with Crippen LogP contribution in [0.4, 0.5) is 0 Å². The average Bonchev–Trinajstić information content (AvgIpc) is 2.69. The van der Waals surface area contributed by atoms with Gasteiger partial charge in [-0.05, 0) is 50.0 Å². The molecular formula is C24H37NO. The van der Waals surface area contributed by atoms with Crippen molar-refractivity contribution >= 4 is 0 Å². The largest absolute Gasteiger partial charge is 0.390 e. The van der Waals surface area contributed by atoms with Crippen LogP contribution in [0.1, 0.15) is 83.1 Å². The van der Waals surface area contributed by atoms with Crippen LogP contribution in [0.3, 0.4) is 0 Å². The molecule has 26 heavy (non-hydrogen) atoms. The predicted molar refractivity (Wildman–Crippen MR) is 108 cm³/mol. The fraction of sp³-hybridized carbons (Fsp3) is 0.750. The molecule has 2 nitrogen and oxygen atoms in total. The third kappa shape index (κ3) is 4.02. The number of nitrogens with zero attached hydrogens (tertiary/aromatic N) is 1. The molecule has 0 radical (unpaired) electrons. The van der Waals surface area contributed by atoms with Crippen molar-refractivity contribution in [2.75, 3.05) is 13.1 Å². The molecule has 2 aliphatic heterocycles. The molecule has 2 heteroatoms. The number of hydrogen-bond donors (Lipinski definition) is 1. The molecular weight excluding hydrogens is 318 g/mol. The SMILES string of the molecule is CC1(c2ccccc2)CCC2CC(O)(CCC3CCCCC3)CCN2C1. The second-order valence-electron chi connectivity index (χ2n) is 9.81. The minimum absolute atomic E-state index is 0.273. The lowest BCUT2D eigenvalue weighted by atomic mass is 9.70. The molecule has 2 heterocycles. The lowest BCUT2D eigenvalue weighted by Gasteiger charge is -2.52. The zero-order valence-electron chi connectivity index (χ0n) is 16.6. The highest BCUT2D eigenvalue weighted by molar-refractivity contribution is 5.26. The Morgan fingerprint density at radius 1 is 1.04 bits per heavy atom. The van der Waals surface area contributed by atoms with Crippen LogP contribution < -0.4 is 0 Å². The van der Waals surface area contributed by atoms with Gasteiger partial charge in [0.15, 0.2) is 0 Å². The number of aliphatic hydroxyl groups is 1. The second kappa shape index (κ2) is 7.64. The van der Waals surface area contributed by atoms with E-state index in [1.54, 1.807) is 0 Å². The summed E-state index contributed by atoms with van der Waals surface area (Å²) in [6, 6.07) is 11.7. The zero-order valence-corrected chi connectivity index (χ0v) is 16.6. The molecule has 0 aromatic heterocycles. The lowest BCUT2D eigenvalue weighted by molar-refractivity contribution is -0.0742. The van der Waals surface area contributed by atoms with Gasteiger partial charge in [0.25, 0.3) is 0 Å². The van der Waals surface area contributed by atoms with Gasteiger partial charge >= 0.3 is 0 Å². The molecule has 3 unspecified atom stereocenters. The van der Waals surface area contributed by atoms with Gasteiger partial charge in [-0.3, -0.25) is 4.90 Å². The Kier molecular flexibility index (Phi) is 5.43. The van der Waals surface area contributed by atoms with E-state index < -0.39 is 0 Å². The van der Waals surface area contributed by atoms with E-state index in [2.05, 4.69) is 42.2 Å². The van der Waals surface area contributed by atoms with Crippen molar-refractivity contribution in [3.8, 4) is 0 Å². The fourth-order valence-electron chi connectivity index (χ4n) is 5.96. The summed E-state index contributed by atoms with van der Waals surface area (Å²) in [6.07, 6.45) is 13.8. The molecule has 3 atom stereocenters. The monoisotopic (exact) mass is 355 g/mol. The maximum Gasteiger partial charge on any atom is 0.0675 e. The molecule has 1 saturated carbocycles. The van der Waals surface area contributed by atoms with Gasteiger partial charge in [0, 0.05) is 24.5 Å². The van der Waals surface area contributed by atoms with Crippen molar-refractivity contribution in [3.63, 3.8) is 0 Å². The molecule has 3 fully saturated rings. The molecule has 1 aromatic carbocycles. The molecule has 0 bridgehead atoms. The molecule has 0 amide bonds. The molecule has 3 aliphatic rings. The quantitative estimate of drug-likeness (QED) is 0.793. The standard InChI is InChI=1S/C24H37NO/c1-23(21-10-6-3-7-11-21)14-13-22-18-24(26,16-17-25(22)19-23)15-12-20-8-4-2-5-9-20/h3,6-7,10-11,20,22,26H,2,4-5,8-9,12-19H2,1H3. The first-order chi connectivity index (χ1) is 12.6. The summed E-state index contributed by atoms with van der Waals surface area (Å²) in [4.78, 5) is 2.69. The topological polar surface area (TPSA) is 23.5 Å². The summed E-state index contributed by atoms with van der Waals surface area (Å²) in [5, 5.41) is 11.3. The molecule has 1 N–H and O–H groups in total. The van der Waals surface area contributed by atoms with Crippen molar-refractivity contribution in [2.24, 2.45) is 5.92 Å². The summed E-state index contributed by atoms with van der Waals surface area (Å²) >= 11 is 0. The van der Waals surface area contributed by atoms with Crippen molar-refractivity contribution in [1.29, 1.82) is 0 Å². The van der Waals surface area contributed by atoms with Gasteiger partial charge in [0.2, 0.25) is 0 Å². The normalized spacial score (nSPS) is 36.6. The van der Waals surface area contributed by atoms with Crippen LogP contribution in [0.15, 0.2) is 30.3 Å². The van der Waals surface area contributed by atoms with Crippen LogP contribution in [0.2, 0.25) is 0 Å². The Balaban J connectivity index is 1.34. The minimum Gasteiger partial charge on any atom is -0.390 e. The third-order valence-electron chi connectivity index (χ3n) is 7.79. The number of piperidine rings is 2. The van der Waals surface area contributed by atoms with Gasteiger partial charge in [-0.25, -0.2) is 0 Å². The van der Waals surface area contributed by atoms with Crippen molar-refractivity contribution in [2.45, 2.75) is 94.6 Å². The Morgan fingerprint density at radius 2 is 1.81 bits per heavy atom. The van der Waals surface area contributed by atoms with E-state index >= 15 is 0 Å². The maximum absolute atomic E-state index is 11.3. The van der Waals surface area contributed by atoms with E-state index in [1.807, 2.05) is 0 Å². The van der Waals surface area contributed by atoms with E-state index in [9.17, 15) is 5.11 Å². The molecule has 144 valence electrons. The summed E-state index contributed by atoms with van der Waals surface area (Å²) in [5.74, 6) is 0.888. The lowest BCUT2D eigenvalue weighted by Crippen LogP contribution is -2.57. The number of benzene rings is 1. The van der Waals surface area contributed by atoms with Crippen LogP contribution in [-0.2, 0) is 5.41 Å². The highest BCUT2D eigenvalue weighted by atomic mass is 16.3. The van der Waals surface area contributed by atoms with Gasteiger partial charge in [-0.2, -0.15) is 0 Å². The summed E-state index contributed by atoms with van der Waals surface area (Å²) < 4.78 is 0. The Labute approximate surface area is 160 Å². The van der Waals surface area contributed by atoms with Crippen LogP contribution in [0.5, 0.6) is 0 Å². The Morgan fingerprint density at radius 3 is 2.58 bits per heavy atom. The van der Waals surface area contributed by atoms with E-state index in [0.717, 1.165) is 38.3 Å². The van der Waals surface area contributed by atoms with Crippen LogP contribution >= 0.6 is 0 Å². The first kappa shape index (κ1) is 18.5. The maximum atomic E-state index is 11.3. The zero-order chi connectivity index (χ0) is 18.0. The number of rotatable bonds is 4. The predicted octanol–water partition coefficient (Wildman–Crippen LogP) is 5.29. The molecule has 4 rings (SSSR count). The molecule has 2 saturated heterocycles. The smallest absolute Gasteiger partial charge is 0.0675 e. The van der Waals surface area contributed by atoms with Gasteiger partial charge < -0.3 is 5.11 Å². The highest BCUT2D eigenvalue weighted by Gasteiger charge is 2.44. The average molecular weight is 356 g/mol. The van der Waals surface area contributed by atoms with Crippen LogP contribution in [-0.4, -0.2) is 34.7 Å². The first-order valence-electron chi connectivity index (χ1n) is 11.1.